The minimum absolute atomic E-state index is 0.208. The molecule has 1 aromatic rings. The van der Waals surface area contributed by atoms with Crippen molar-refractivity contribution >= 4 is 5.91 Å². The quantitative estimate of drug-likeness (QED) is 0.876. The fourth-order valence-electron chi connectivity index (χ4n) is 6.46. The first-order valence-electron chi connectivity index (χ1n) is 9.71. The Morgan fingerprint density at radius 2 is 1.54 bits per heavy atom. The zero-order valence-electron chi connectivity index (χ0n) is 14.1. The SMILES string of the molecule is O=C(NC1(c2ccc(F)cc2)CCC1)C1C2CC3CC(C2)CC1C3. The second kappa shape index (κ2) is 5.31. The Balaban J connectivity index is 1.37. The molecule has 6 rings (SSSR count). The molecule has 2 nitrogen and oxygen atoms in total. The molecule has 1 N–H and O–H groups in total. The predicted octanol–water partition coefficient (Wildman–Crippen LogP) is 4.39. The van der Waals surface area contributed by atoms with E-state index in [1.165, 1.54) is 44.2 Å². The predicted molar refractivity (Wildman–Crippen MR) is 90.6 cm³/mol. The zero-order valence-corrected chi connectivity index (χ0v) is 14.1. The molecule has 0 atom stereocenters. The Labute approximate surface area is 143 Å². The largest absolute Gasteiger partial charge is 0.346 e. The number of nitrogens with one attached hydrogen (secondary N) is 1. The first-order chi connectivity index (χ1) is 11.6. The molecule has 5 saturated carbocycles. The lowest BCUT2D eigenvalue weighted by atomic mass is 9.51. The van der Waals surface area contributed by atoms with Crippen molar-refractivity contribution in [3.63, 3.8) is 0 Å². The number of hydrogen-bond acceptors (Lipinski definition) is 1. The van der Waals surface area contributed by atoms with Gasteiger partial charge in [-0.2, -0.15) is 0 Å². The van der Waals surface area contributed by atoms with Gasteiger partial charge >= 0.3 is 0 Å². The van der Waals surface area contributed by atoms with E-state index in [0.29, 0.717) is 11.8 Å². The van der Waals surface area contributed by atoms with Crippen LogP contribution in [0.1, 0.15) is 56.9 Å². The average molecular weight is 327 g/mol. The fraction of sp³-hybridized carbons (Fsp3) is 0.667. The van der Waals surface area contributed by atoms with Crippen molar-refractivity contribution in [2.75, 3.05) is 0 Å². The van der Waals surface area contributed by atoms with Gasteiger partial charge in [0.1, 0.15) is 5.82 Å². The maximum Gasteiger partial charge on any atom is 0.224 e. The standard InChI is InChI=1S/C21H26FNO/c22-18-4-2-17(3-5-18)21(6-1-7-21)23-20(24)19-15-9-13-8-14(11-15)12-16(19)10-13/h2-5,13-16,19H,1,6-12H2,(H,23,24). The van der Waals surface area contributed by atoms with Crippen LogP contribution in [0.2, 0.25) is 0 Å². The first kappa shape index (κ1) is 14.9. The summed E-state index contributed by atoms with van der Waals surface area (Å²) in [6.07, 6.45) is 9.61. The number of amides is 1. The molecule has 4 bridgehead atoms. The van der Waals surface area contributed by atoms with Crippen molar-refractivity contribution in [2.24, 2.45) is 29.6 Å². The number of carbonyl (C=O) groups is 1. The monoisotopic (exact) mass is 327 g/mol. The van der Waals surface area contributed by atoms with Crippen LogP contribution in [0, 0.1) is 35.4 Å². The van der Waals surface area contributed by atoms with E-state index in [-0.39, 0.29) is 23.2 Å². The number of rotatable bonds is 3. The maximum atomic E-state index is 13.3. The van der Waals surface area contributed by atoms with Crippen LogP contribution in [-0.4, -0.2) is 5.91 Å². The summed E-state index contributed by atoms with van der Waals surface area (Å²) < 4.78 is 13.3. The number of carbonyl (C=O) groups excluding carboxylic acids is 1. The van der Waals surface area contributed by atoms with Crippen molar-refractivity contribution in [2.45, 2.75) is 56.9 Å². The molecule has 0 aromatic heterocycles. The van der Waals surface area contributed by atoms with Gasteiger partial charge in [0.2, 0.25) is 5.91 Å². The van der Waals surface area contributed by atoms with Gasteiger partial charge in [-0.3, -0.25) is 4.79 Å². The lowest BCUT2D eigenvalue weighted by Gasteiger charge is -2.54. The molecule has 0 radical (unpaired) electrons. The number of benzene rings is 1. The highest BCUT2D eigenvalue weighted by atomic mass is 19.1. The third kappa shape index (κ3) is 2.23. The second-order valence-corrected chi connectivity index (χ2v) is 8.89. The molecule has 0 unspecified atom stereocenters. The van der Waals surface area contributed by atoms with Gasteiger partial charge in [0.25, 0.3) is 0 Å². The second-order valence-electron chi connectivity index (χ2n) is 8.89. The van der Waals surface area contributed by atoms with Crippen molar-refractivity contribution in [1.82, 2.24) is 5.32 Å². The maximum absolute atomic E-state index is 13.3. The van der Waals surface area contributed by atoms with Gasteiger partial charge in [-0.25, -0.2) is 4.39 Å². The Kier molecular flexibility index (Phi) is 3.30. The first-order valence-corrected chi connectivity index (χ1v) is 9.71. The van der Waals surface area contributed by atoms with Crippen LogP contribution < -0.4 is 5.32 Å². The molecular weight excluding hydrogens is 301 g/mol. The van der Waals surface area contributed by atoms with E-state index in [0.717, 1.165) is 36.7 Å². The summed E-state index contributed by atoms with van der Waals surface area (Å²) in [6, 6.07) is 6.74. The van der Waals surface area contributed by atoms with Gasteiger partial charge < -0.3 is 5.32 Å². The highest BCUT2D eigenvalue weighted by molar-refractivity contribution is 5.81. The van der Waals surface area contributed by atoms with Crippen LogP contribution in [-0.2, 0) is 10.3 Å². The summed E-state index contributed by atoms with van der Waals surface area (Å²) in [7, 11) is 0. The van der Waals surface area contributed by atoms with Crippen molar-refractivity contribution in [1.29, 1.82) is 0 Å². The molecule has 5 aliphatic carbocycles. The molecule has 0 aliphatic heterocycles. The van der Waals surface area contributed by atoms with Crippen LogP contribution in [0.3, 0.4) is 0 Å². The van der Waals surface area contributed by atoms with Gasteiger partial charge in [0, 0.05) is 5.92 Å². The minimum atomic E-state index is -0.237. The molecule has 1 aromatic carbocycles. The Bertz CT molecular complexity index is 620. The Morgan fingerprint density at radius 1 is 0.958 bits per heavy atom. The highest BCUT2D eigenvalue weighted by Gasteiger charge is 2.52. The lowest BCUT2D eigenvalue weighted by Crippen LogP contribution is -2.57. The van der Waals surface area contributed by atoms with E-state index in [2.05, 4.69) is 5.32 Å². The van der Waals surface area contributed by atoms with Crippen LogP contribution in [0.4, 0.5) is 4.39 Å². The van der Waals surface area contributed by atoms with E-state index >= 15 is 0 Å². The average Bonchev–Trinajstić information content (AvgIpc) is 2.51. The van der Waals surface area contributed by atoms with Crippen LogP contribution in [0.25, 0.3) is 0 Å². The summed E-state index contributed by atoms with van der Waals surface area (Å²) in [6.45, 7) is 0. The van der Waals surface area contributed by atoms with Crippen LogP contribution >= 0.6 is 0 Å². The molecule has 0 heterocycles. The summed E-state index contributed by atoms with van der Waals surface area (Å²) in [5.41, 5.74) is 0.840. The molecule has 5 aliphatic rings. The van der Waals surface area contributed by atoms with E-state index in [9.17, 15) is 9.18 Å². The van der Waals surface area contributed by atoms with E-state index < -0.39 is 0 Å². The van der Waals surface area contributed by atoms with Gasteiger partial charge in [0.15, 0.2) is 0 Å². The van der Waals surface area contributed by atoms with Crippen LogP contribution in [0.15, 0.2) is 24.3 Å². The smallest absolute Gasteiger partial charge is 0.224 e. The molecule has 3 heteroatoms. The molecule has 128 valence electrons. The summed E-state index contributed by atoms with van der Waals surface area (Å²) >= 11 is 0. The van der Waals surface area contributed by atoms with Gasteiger partial charge in [-0.15, -0.1) is 0 Å². The van der Waals surface area contributed by atoms with E-state index in [4.69, 9.17) is 0 Å². The van der Waals surface area contributed by atoms with Gasteiger partial charge in [-0.05, 0) is 92.7 Å². The minimum Gasteiger partial charge on any atom is -0.346 e. The summed E-state index contributed by atoms with van der Waals surface area (Å²) in [5, 5.41) is 3.43. The van der Waals surface area contributed by atoms with E-state index in [1.54, 1.807) is 0 Å². The van der Waals surface area contributed by atoms with Crippen molar-refractivity contribution in [3.8, 4) is 0 Å². The number of halogens is 1. The highest BCUT2D eigenvalue weighted by Crippen LogP contribution is 2.57. The Hall–Kier alpha value is -1.38. The van der Waals surface area contributed by atoms with Gasteiger partial charge in [0.05, 0.1) is 5.54 Å². The normalized spacial score (nSPS) is 38.6. The third-order valence-corrected chi connectivity index (χ3v) is 7.50. The lowest BCUT2D eigenvalue weighted by molar-refractivity contribution is -0.141. The molecule has 0 spiro atoms. The molecule has 24 heavy (non-hydrogen) atoms. The van der Waals surface area contributed by atoms with Gasteiger partial charge in [-0.1, -0.05) is 12.1 Å². The van der Waals surface area contributed by atoms with E-state index in [1.807, 2.05) is 12.1 Å². The topological polar surface area (TPSA) is 29.1 Å². The Morgan fingerprint density at radius 3 is 2.04 bits per heavy atom. The third-order valence-electron chi connectivity index (χ3n) is 7.50. The summed E-state index contributed by atoms with van der Waals surface area (Å²) in [5.74, 6) is 3.33. The molecule has 1 amide bonds. The summed E-state index contributed by atoms with van der Waals surface area (Å²) in [4.78, 5) is 13.2. The van der Waals surface area contributed by atoms with Crippen molar-refractivity contribution in [3.05, 3.63) is 35.6 Å². The molecule has 5 fully saturated rings. The molecule has 0 saturated heterocycles. The van der Waals surface area contributed by atoms with Crippen LogP contribution in [0.5, 0.6) is 0 Å². The molecular formula is C21H26FNO. The zero-order chi connectivity index (χ0) is 16.3. The fourth-order valence-corrected chi connectivity index (χ4v) is 6.46. The van der Waals surface area contributed by atoms with Crippen molar-refractivity contribution < 1.29 is 9.18 Å². The number of hydrogen-bond donors (Lipinski definition) is 1.